The Morgan fingerprint density at radius 3 is 1.78 bits per heavy atom. The van der Waals surface area contributed by atoms with Crippen LogP contribution in [0.2, 0.25) is 0 Å². The number of carbonyl (C=O) groups is 2. The van der Waals surface area contributed by atoms with Crippen LogP contribution < -0.4 is 43.0 Å². The molecule has 0 aromatic heterocycles. The van der Waals surface area contributed by atoms with Gasteiger partial charge in [0, 0.05) is 24.2 Å². The summed E-state index contributed by atoms with van der Waals surface area (Å²) in [6, 6.07) is 6.11. The summed E-state index contributed by atoms with van der Waals surface area (Å²) in [5.41, 5.74) is 25.2. The van der Waals surface area contributed by atoms with Gasteiger partial charge in [0.25, 0.3) is 0 Å². The molecule has 2 aromatic carbocycles. The third-order valence-corrected chi connectivity index (χ3v) is 4.48. The number of primary amides is 2. The fraction of sp³-hybridized carbons (Fsp3) is 0.273. The molecule has 10 heteroatoms. The minimum Gasteiger partial charge on any atom is -0.494 e. The Hall–Kier alpha value is -4.08. The number of benzene rings is 2. The van der Waals surface area contributed by atoms with Crippen LogP contribution in [0.4, 0.5) is 22.7 Å². The van der Waals surface area contributed by atoms with Crippen molar-refractivity contribution in [2.45, 2.75) is 13.3 Å². The number of nitrogen functional groups attached to an aromatic ring is 2. The number of nitrogens with two attached hydrogens (primary N) is 4. The van der Waals surface area contributed by atoms with Crippen LogP contribution in [-0.2, 0) is 0 Å². The molecule has 10 N–H and O–H groups in total. The van der Waals surface area contributed by atoms with Crippen LogP contribution in [0, 0.1) is 0 Å². The van der Waals surface area contributed by atoms with Gasteiger partial charge in [-0.25, -0.2) is 0 Å². The molecule has 0 spiro atoms. The molecule has 0 saturated carbocycles. The fourth-order valence-electron chi connectivity index (χ4n) is 2.91. The lowest BCUT2D eigenvalue weighted by Crippen LogP contribution is -2.14. The lowest BCUT2D eigenvalue weighted by atomic mass is 10.1. The van der Waals surface area contributed by atoms with Crippen LogP contribution in [-0.4, -0.2) is 38.6 Å². The third-order valence-electron chi connectivity index (χ3n) is 4.48. The standard InChI is InChI=1S/C22H30N6O4/c1-3-8-32-18-12-14(22(26)30)10-16(24)20(18)28-7-5-4-6-27-19-15(23)9-13(21(25)29)11-17(19)31-2/h4-5,9-12,27-28H,3,6-8,23-24H2,1-2H3,(H2,25,29)(H2,26,30)/b5-4+. The zero-order chi connectivity index (χ0) is 23.7. The Kier molecular flexibility index (Phi) is 8.58. The monoisotopic (exact) mass is 442 g/mol. The minimum absolute atomic E-state index is 0.269. The number of hydrogen-bond donors (Lipinski definition) is 6. The van der Waals surface area contributed by atoms with E-state index in [4.69, 9.17) is 32.4 Å². The molecule has 0 saturated heterocycles. The Morgan fingerprint density at radius 1 is 0.875 bits per heavy atom. The Labute approximate surface area is 186 Å². The van der Waals surface area contributed by atoms with Crippen LogP contribution in [0.15, 0.2) is 36.4 Å². The fourth-order valence-corrected chi connectivity index (χ4v) is 2.91. The van der Waals surface area contributed by atoms with Crippen molar-refractivity contribution in [1.82, 2.24) is 0 Å². The summed E-state index contributed by atoms with van der Waals surface area (Å²) >= 11 is 0. The number of methoxy groups -OCH3 is 1. The van der Waals surface area contributed by atoms with Crippen molar-refractivity contribution >= 4 is 34.6 Å². The largest absolute Gasteiger partial charge is 0.494 e. The molecule has 10 nitrogen and oxygen atoms in total. The highest BCUT2D eigenvalue weighted by Crippen LogP contribution is 2.33. The van der Waals surface area contributed by atoms with Crippen molar-refractivity contribution in [1.29, 1.82) is 0 Å². The molecule has 2 rings (SSSR count). The molecule has 32 heavy (non-hydrogen) atoms. The van der Waals surface area contributed by atoms with E-state index in [9.17, 15) is 9.59 Å². The van der Waals surface area contributed by atoms with E-state index >= 15 is 0 Å². The molecule has 0 aliphatic carbocycles. The predicted octanol–water partition coefficient (Wildman–Crippen LogP) is 1.93. The van der Waals surface area contributed by atoms with E-state index in [-0.39, 0.29) is 11.1 Å². The molecular formula is C22H30N6O4. The maximum Gasteiger partial charge on any atom is 0.248 e. The highest BCUT2D eigenvalue weighted by atomic mass is 16.5. The first kappa shape index (κ1) is 24.2. The van der Waals surface area contributed by atoms with Crippen molar-refractivity contribution in [3.05, 3.63) is 47.5 Å². The van der Waals surface area contributed by atoms with Crippen molar-refractivity contribution in [2.24, 2.45) is 11.5 Å². The number of anilines is 4. The number of rotatable bonds is 12. The van der Waals surface area contributed by atoms with Crippen molar-refractivity contribution < 1.29 is 19.1 Å². The summed E-state index contributed by atoms with van der Waals surface area (Å²) < 4.78 is 11.0. The smallest absolute Gasteiger partial charge is 0.248 e. The number of ether oxygens (including phenoxy) is 2. The molecule has 0 unspecified atom stereocenters. The average molecular weight is 443 g/mol. The number of hydrogen-bond acceptors (Lipinski definition) is 8. The molecule has 0 fully saturated rings. The average Bonchev–Trinajstić information content (AvgIpc) is 2.75. The summed E-state index contributed by atoms with van der Waals surface area (Å²) in [7, 11) is 1.48. The van der Waals surface area contributed by atoms with E-state index in [0.29, 0.717) is 53.9 Å². The van der Waals surface area contributed by atoms with E-state index in [1.54, 1.807) is 6.07 Å². The van der Waals surface area contributed by atoms with E-state index in [1.807, 2.05) is 19.1 Å². The molecule has 0 atom stereocenters. The molecule has 0 aliphatic rings. The second-order valence-corrected chi connectivity index (χ2v) is 6.89. The predicted molar refractivity (Wildman–Crippen MR) is 127 cm³/mol. The van der Waals surface area contributed by atoms with E-state index in [2.05, 4.69) is 10.6 Å². The molecule has 0 heterocycles. The molecule has 2 aromatic rings. The van der Waals surface area contributed by atoms with Gasteiger partial charge in [0.2, 0.25) is 11.8 Å². The molecule has 0 bridgehead atoms. The van der Waals surface area contributed by atoms with Gasteiger partial charge in [-0.15, -0.1) is 0 Å². The molecular weight excluding hydrogens is 412 g/mol. The first-order chi connectivity index (χ1) is 15.3. The Morgan fingerprint density at radius 2 is 1.34 bits per heavy atom. The van der Waals surface area contributed by atoms with Crippen molar-refractivity contribution in [3.8, 4) is 11.5 Å². The van der Waals surface area contributed by atoms with Crippen molar-refractivity contribution in [3.63, 3.8) is 0 Å². The van der Waals surface area contributed by atoms with Crippen molar-refractivity contribution in [2.75, 3.05) is 48.9 Å². The van der Waals surface area contributed by atoms with Gasteiger partial charge in [0.05, 0.1) is 25.1 Å². The molecule has 2 amide bonds. The van der Waals surface area contributed by atoms with Gasteiger partial charge >= 0.3 is 0 Å². The maximum absolute atomic E-state index is 11.5. The summed E-state index contributed by atoms with van der Waals surface area (Å²) in [5, 5.41) is 6.34. The van der Waals surface area contributed by atoms with E-state index in [1.165, 1.54) is 25.3 Å². The summed E-state index contributed by atoms with van der Waals surface area (Å²) in [6.07, 6.45) is 4.58. The molecule has 0 aliphatic heterocycles. The van der Waals surface area contributed by atoms with Gasteiger partial charge in [-0.1, -0.05) is 19.1 Å². The molecule has 0 radical (unpaired) electrons. The normalized spacial score (nSPS) is 10.7. The van der Waals surface area contributed by atoms with E-state index < -0.39 is 11.8 Å². The minimum atomic E-state index is -0.585. The number of amides is 2. The van der Waals surface area contributed by atoms with Crippen LogP contribution in [0.5, 0.6) is 11.5 Å². The van der Waals surface area contributed by atoms with Crippen LogP contribution in [0.25, 0.3) is 0 Å². The second-order valence-electron chi connectivity index (χ2n) is 6.89. The Bertz CT molecular complexity index is 1010. The van der Waals surface area contributed by atoms with Crippen LogP contribution in [0.3, 0.4) is 0 Å². The lowest BCUT2D eigenvalue weighted by Gasteiger charge is -2.16. The van der Waals surface area contributed by atoms with Crippen LogP contribution in [0.1, 0.15) is 34.1 Å². The lowest BCUT2D eigenvalue weighted by molar-refractivity contribution is 0.0991. The first-order valence-corrected chi connectivity index (χ1v) is 10.0. The SMILES string of the molecule is CCCOc1cc(C(N)=O)cc(N)c1NC/C=C/CNc1c(N)cc(C(N)=O)cc1OC. The highest BCUT2D eigenvalue weighted by Gasteiger charge is 2.13. The summed E-state index contributed by atoms with van der Waals surface area (Å²) in [4.78, 5) is 22.9. The van der Waals surface area contributed by atoms with E-state index in [0.717, 1.165) is 6.42 Å². The van der Waals surface area contributed by atoms with Gasteiger partial charge < -0.3 is 43.0 Å². The van der Waals surface area contributed by atoms with Gasteiger partial charge in [-0.2, -0.15) is 0 Å². The third kappa shape index (κ3) is 6.21. The van der Waals surface area contributed by atoms with Gasteiger partial charge in [-0.3, -0.25) is 9.59 Å². The zero-order valence-corrected chi connectivity index (χ0v) is 18.2. The van der Waals surface area contributed by atoms with Gasteiger partial charge in [0.1, 0.15) is 22.9 Å². The van der Waals surface area contributed by atoms with Gasteiger partial charge in [0.15, 0.2) is 0 Å². The number of nitrogens with one attached hydrogen (secondary N) is 2. The number of carbonyl (C=O) groups excluding carboxylic acids is 2. The highest BCUT2D eigenvalue weighted by molar-refractivity contribution is 5.97. The Balaban J connectivity index is 2.02. The zero-order valence-electron chi connectivity index (χ0n) is 18.2. The second kappa shape index (κ2) is 11.3. The van der Waals surface area contributed by atoms with Gasteiger partial charge in [-0.05, 0) is 30.7 Å². The quantitative estimate of drug-likeness (QED) is 0.213. The van der Waals surface area contributed by atoms with Crippen LogP contribution >= 0.6 is 0 Å². The summed E-state index contributed by atoms with van der Waals surface area (Å²) in [5.74, 6) is -0.267. The maximum atomic E-state index is 11.5. The topological polar surface area (TPSA) is 181 Å². The summed E-state index contributed by atoms with van der Waals surface area (Å²) in [6.45, 7) is 3.37. The first-order valence-electron chi connectivity index (χ1n) is 10.0. The molecule has 172 valence electrons.